The second kappa shape index (κ2) is 5.83. The fourth-order valence-electron chi connectivity index (χ4n) is 1.02. The Morgan fingerprint density at radius 3 is 2.15 bits per heavy atom. The van der Waals surface area contributed by atoms with Crippen molar-refractivity contribution in [3.63, 3.8) is 0 Å². The minimum absolute atomic E-state index is 0.0648. The summed E-state index contributed by atoms with van der Waals surface area (Å²) in [6.45, 7) is 3.06. The molecule has 0 aromatic rings. The molecule has 0 rings (SSSR count). The number of hydrogen-bond donors (Lipinski definition) is 1. The maximum Gasteiger partial charge on any atom is 0.148 e. The molecule has 0 aliphatic heterocycles. The van der Waals surface area contributed by atoms with Gasteiger partial charge in [0.1, 0.15) is 11.6 Å². The van der Waals surface area contributed by atoms with E-state index in [4.69, 9.17) is 0 Å². The molecule has 4 nitrogen and oxygen atoms in total. The third-order valence-electron chi connectivity index (χ3n) is 1.69. The molecular weight excluding hydrogens is 168 g/mol. The first kappa shape index (κ1) is 12.3. The van der Waals surface area contributed by atoms with E-state index in [1.807, 2.05) is 14.1 Å². The van der Waals surface area contributed by atoms with Gasteiger partial charge in [-0.2, -0.15) is 0 Å². The molecule has 0 saturated carbocycles. The number of ketones is 2. The van der Waals surface area contributed by atoms with E-state index < -0.39 is 0 Å². The zero-order valence-corrected chi connectivity index (χ0v) is 8.76. The fourth-order valence-corrected chi connectivity index (χ4v) is 1.02. The lowest BCUT2D eigenvalue weighted by Gasteiger charge is -2.20. The summed E-state index contributed by atoms with van der Waals surface area (Å²) in [5, 5.41) is 1.73. The second-order valence-electron chi connectivity index (χ2n) is 3.43. The van der Waals surface area contributed by atoms with Gasteiger partial charge < -0.3 is 4.79 Å². The van der Waals surface area contributed by atoms with Crippen molar-refractivity contribution in [2.45, 2.75) is 32.7 Å². The molecule has 0 bridgehead atoms. The highest BCUT2D eigenvalue weighted by atomic mass is 16.1. The van der Waals surface area contributed by atoms with Crippen LogP contribution in [0.3, 0.4) is 0 Å². The first-order valence-electron chi connectivity index (χ1n) is 4.37. The Labute approximate surface area is 79.3 Å². The first-order chi connectivity index (χ1) is 5.93. The van der Waals surface area contributed by atoms with Gasteiger partial charge >= 0.3 is 0 Å². The molecule has 0 aromatic heterocycles. The van der Waals surface area contributed by atoms with Crippen molar-refractivity contribution in [2.75, 3.05) is 14.1 Å². The maximum absolute atomic E-state index is 11.1. The normalized spacial score (nSPS) is 13.0. The Hall–Kier alpha value is -0.740. The van der Waals surface area contributed by atoms with Gasteiger partial charge in [-0.15, -0.1) is 0 Å². The minimum Gasteiger partial charge on any atom is -0.300 e. The van der Waals surface area contributed by atoms with Crippen LogP contribution in [0.2, 0.25) is 0 Å². The average molecular weight is 186 g/mol. The van der Waals surface area contributed by atoms with E-state index >= 15 is 0 Å². The molecule has 0 radical (unpaired) electrons. The van der Waals surface area contributed by atoms with Crippen molar-refractivity contribution < 1.29 is 9.59 Å². The van der Waals surface area contributed by atoms with Crippen LogP contribution in [0, 0.1) is 0 Å². The number of Topliss-reactive ketones (excluding diaryl/α,β-unsaturated/α-hetero) is 2. The van der Waals surface area contributed by atoms with E-state index in [9.17, 15) is 9.59 Å². The van der Waals surface area contributed by atoms with E-state index in [1.165, 1.54) is 13.8 Å². The third-order valence-corrected chi connectivity index (χ3v) is 1.69. The van der Waals surface area contributed by atoms with E-state index in [0.29, 0.717) is 12.8 Å². The molecule has 1 N–H and O–H groups in total. The summed E-state index contributed by atoms with van der Waals surface area (Å²) in [6, 6.07) is -0.237. The number of carbonyl (C=O) groups is 2. The lowest BCUT2D eigenvalue weighted by molar-refractivity contribution is -0.121. The predicted octanol–water partition coefficient (Wildman–Crippen LogP) is 0.379. The van der Waals surface area contributed by atoms with Crippen molar-refractivity contribution in [3.8, 4) is 0 Å². The highest BCUT2D eigenvalue weighted by Crippen LogP contribution is 1.99. The van der Waals surface area contributed by atoms with Crippen LogP contribution in [0.1, 0.15) is 26.7 Å². The van der Waals surface area contributed by atoms with Crippen LogP contribution < -0.4 is 5.43 Å². The third kappa shape index (κ3) is 6.42. The molecule has 1 atom stereocenters. The minimum atomic E-state index is -0.237. The standard InChI is InChI=1S/C9H18N2O2/c1-7(12)5-6-9(8(2)13)10-11(3)4/h9-10H,5-6H2,1-4H3. The number of nitrogens with zero attached hydrogens (tertiary/aromatic N) is 1. The van der Waals surface area contributed by atoms with Gasteiger partial charge in [0.25, 0.3) is 0 Å². The van der Waals surface area contributed by atoms with Crippen LogP contribution in [-0.2, 0) is 9.59 Å². The molecule has 4 heteroatoms. The van der Waals surface area contributed by atoms with Crippen molar-refractivity contribution >= 4 is 11.6 Å². The molecule has 0 saturated heterocycles. The van der Waals surface area contributed by atoms with Crippen LogP contribution in [-0.4, -0.2) is 36.7 Å². The monoisotopic (exact) mass is 186 g/mol. The first-order valence-corrected chi connectivity index (χ1v) is 4.37. The molecule has 0 heterocycles. The van der Waals surface area contributed by atoms with Gasteiger partial charge in [0, 0.05) is 20.5 Å². The maximum atomic E-state index is 11.1. The largest absolute Gasteiger partial charge is 0.300 e. The van der Waals surface area contributed by atoms with Gasteiger partial charge in [-0.25, -0.2) is 10.4 Å². The molecule has 13 heavy (non-hydrogen) atoms. The van der Waals surface area contributed by atoms with Crippen molar-refractivity contribution in [1.82, 2.24) is 10.4 Å². The zero-order chi connectivity index (χ0) is 10.4. The highest BCUT2D eigenvalue weighted by molar-refractivity contribution is 5.82. The van der Waals surface area contributed by atoms with Crippen molar-refractivity contribution in [2.24, 2.45) is 0 Å². The predicted molar refractivity (Wildman–Crippen MR) is 51.2 cm³/mol. The second-order valence-corrected chi connectivity index (χ2v) is 3.43. The Kier molecular flexibility index (Phi) is 5.50. The zero-order valence-electron chi connectivity index (χ0n) is 8.76. The van der Waals surface area contributed by atoms with Crippen LogP contribution in [0.5, 0.6) is 0 Å². The highest BCUT2D eigenvalue weighted by Gasteiger charge is 2.14. The van der Waals surface area contributed by atoms with Gasteiger partial charge in [0.2, 0.25) is 0 Å². The van der Waals surface area contributed by atoms with Gasteiger partial charge in [0.05, 0.1) is 6.04 Å². The van der Waals surface area contributed by atoms with E-state index in [0.717, 1.165) is 0 Å². The number of carbonyl (C=O) groups excluding carboxylic acids is 2. The molecule has 0 aliphatic carbocycles. The van der Waals surface area contributed by atoms with Gasteiger partial charge in [-0.05, 0) is 20.3 Å². The van der Waals surface area contributed by atoms with Crippen LogP contribution in [0.4, 0.5) is 0 Å². The number of rotatable bonds is 6. The van der Waals surface area contributed by atoms with Crippen molar-refractivity contribution in [1.29, 1.82) is 0 Å². The summed E-state index contributed by atoms with van der Waals surface area (Å²) in [5.74, 6) is 0.182. The van der Waals surface area contributed by atoms with Crippen molar-refractivity contribution in [3.05, 3.63) is 0 Å². The number of hydrazine groups is 1. The molecule has 0 amide bonds. The smallest absolute Gasteiger partial charge is 0.148 e. The summed E-state index contributed by atoms with van der Waals surface area (Å²) in [7, 11) is 3.65. The van der Waals surface area contributed by atoms with Crippen LogP contribution in [0.15, 0.2) is 0 Å². The summed E-state index contributed by atoms with van der Waals surface area (Å²) in [6.07, 6.45) is 1.02. The Balaban J connectivity index is 3.95. The Morgan fingerprint density at radius 2 is 1.85 bits per heavy atom. The van der Waals surface area contributed by atoms with E-state index in [2.05, 4.69) is 5.43 Å². The summed E-state index contributed by atoms with van der Waals surface area (Å²) in [4.78, 5) is 21.8. The fraction of sp³-hybridized carbons (Fsp3) is 0.778. The summed E-state index contributed by atoms with van der Waals surface area (Å²) in [5.41, 5.74) is 2.97. The van der Waals surface area contributed by atoms with Gasteiger partial charge in [-0.3, -0.25) is 4.79 Å². The average Bonchev–Trinajstić information content (AvgIpc) is 1.96. The lowest BCUT2D eigenvalue weighted by Crippen LogP contribution is -2.43. The molecule has 0 fully saturated rings. The Morgan fingerprint density at radius 1 is 1.31 bits per heavy atom. The van der Waals surface area contributed by atoms with Gasteiger partial charge in [0.15, 0.2) is 0 Å². The topological polar surface area (TPSA) is 49.4 Å². The molecule has 76 valence electrons. The Bertz CT molecular complexity index is 190. The number of nitrogens with one attached hydrogen (secondary N) is 1. The SMILES string of the molecule is CC(=O)CCC(NN(C)C)C(C)=O. The summed E-state index contributed by atoms with van der Waals surface area (Å²) >= 11 is 0. The number of hydrogen-bond acceptors (Lipinski definition) is 4. The van der Waals surface area contributed by atoms with E-state index in [-0.39, 0.29) is 17.6 Å². The molecule has 0 aromatic carbocycles. The van der Waals surface area contributed by atoms with Crippen LogP contribution in [0.25, 0.3) is 0 Å². The van der Waals surface area contributed by atoms with Crippen LogP contribution >= 0.6 is 0 Å². The summed E-state index contributed by atoms with van der Waals surface area (Å²) < 4.78 is 0. The van der Waals surface area contributed by atoms with Gasteiger partial charge in [-0.1, -0.05) is 0 Å². The van der Waals surface area contributed by atoms with E-state index in [1.54, 1.807) is 5.01 Å². The lowest BCUT2D eigenvalue weighted by atomic mass is 10.1. The molecule has 0 spiro atoms. The molecule has 0 aliphatic rings. The molecular formula is C9H18N2O2. The molecule has 1 unspecified atom stereocenters. The quantitative estimate of drug-likeness (QED) is 0.609.